The molecule has 2 N–H and O–H groups in total. The van der Waals surface area contributed by atoms with Crippen LogP contribution < -0.4 is 10.6 Å². The average molecular weight is 248 g/mol. The minimum Gasteiger partial charge on any atom is -0.406 e. The van der Waals surface area contributed by atoms with Crippen LogP contribution in [0.2, 0.25) is 0 Å². The van der Waals surface area contributed by atoms with Crippen LogP contribution in [0.5, 0.6) is 0 Å². The van der Waals surface area contributed by atoms with Crippen molar-refractivity contribution in [3.63, 3.8) is 0 Å². The van der Waals surface area contributed by atoms with E-state index < -0.39 is 9.84 Å². The Morgan fingerprint density at radius 1 is 1.50 bits per heavy atom. The maximum Gasteiger partial charge on any atom is 0.317 e. The lowest BCUT2D eigenvalue weighted by atomic mass is 10.4. The van der Waals surface area contributed by atoms with Gasteiger partial charge in [-0.15, -0.1) is 5.10 Å². The van der Waals surface area contributed by atoms with E-state index in [0.29, 0.717) is 12.4 Å². The van der Waals surface area contributed by atoms with E-state index in [1.54, 1.807) is 18.9 Å². The summed E-state index contributed by atoms with van der Waals surface area (Å²) >= 11 is 0. The van der Waals surface area contributed by atoms with Gasteiger partial charge in [-0.05, 0) is 6.92 Å². The fourth-order valence-electron chi connectivity index (χ4n) is 0.963. The van der Waals surface area contributed by atoms with E-state index in [1.165, 1.54) is 6.26 Å². The minimum atomic E-state index is -2.99. The molecule has 1 rings (SSSR count). The number of nitrogens with zero attached hydrogens (tertiary/aromatic N) is 3. The Labute approximate surface area is 94.5 Å². The third-order valence-corrected chi connectivity index (χ3v) is 2.87. The SMILES string of the molecule is CC(N)c1nnc(N(C)CCS(C)(=O)=O)o1. The average Bonchev–Trinajstić information content (AvgIpc) is 2.61. The van der Waals surface area contributed by atoms with Crippen molar-refractivity contribution in [2.75, 3.05) is 30.5 Å². The van der Waals surface area contributed by atoms with Crippen molar-refractivity contribution < 1.29 is 12.8 Å². The van der Waals surface area contributed by atoms with E-state index in [2.05, 4.69) is 10.2 Å². The van der Waals surface area contributed by atoms with Gasteiger partial charge in [0.05, 0.1) is 11.8 Å². The molecule has 0 fully saturated rings. The lowest BCUT2D eigenvalue weighted by molar-refractivity contribution is 0.462. The summed E-state index contributed by atoms with van der Waals surface area (Å²) in [5, 5.41) is 7.52. The second-order valence-corrected chi connectivity index (χ2v) is 6.02. The maximum atomic E-state index is 11.0. The summed E-state index contributed by atoms with van der Waals surface area (Å²) in [6.07, 6.45) is 1.18. The molecule has 0 amide bonds. The number of hydrogen-bond donors (Lipinski definition) is 1. The highest BCUT2D eigenvalue weighted by atomic mass is 32.2. The number of anilines is 1. The van der Waals surface area contributed by atoms with Crippen LogP contribution in [0.4, 0.5) is 6.01 Å². The van der Waals surface area contributed by atoms with Crippen LogP contribution in [-0.4, -0.2) is 44.2 Å². The molecule has 7 nitrogen and oxygen atoms in total. The van der Waals surface area contributed by atoms with Crippen molar-refractivity contribution in [2.24, 2.45) is 5.73 Å². The molecule has 0 aliphatic rings. The Bertz CT molecular complexity index is 440. The van der Waals surface area contributed by atoms with Crippen LogP contribution in [0.15, 0.2) is 4.42 Å². The molecular formula is C8H16N4O3S. The second-order valence-electron chi connectivity index (χ2n) is 3.76. The van der Waals surface area contributed by atoms with Gasteiger partial charge in [-0.3, -0.25) is 0 Å². The highest BCUT2D eigenvalue weighted by Crippen LogP contribution is 2.14. The van der Waals surface area contributed by atoms with E-state index in [4.69, 9.17) is 10.2 Å². The Balaban J connectivity index is 2.63. The standard InChI is InChI=1S/C8H16N4O3S/c1-6(9)7-10-11-8(15-7)12(2)4-5-16(3,13)14/h6H,4-5,9H2,1-3H3. The smallest absolute Gasteiger partial charge is 0.317 e. The molecule has 0 bridgehead atoms. The summed E-state index contributed by atoms with van der Waals surface area (Å²) in [7, 11) is -1.31. The summed E-state index contributed by atoms with van der Waals surface area (Å²) < 4.78 is 27.2. The van der Waals surface area contributed by atoms with Crippen LogP contribution in [0.1, 0.15) is 18.9 Å². The molecule has 16 heavy (non-hydrogen) atoms. The molecule has 0 saturated carbocycles. The lowest BCUT2D eigenvalue weighted by Gasteiger charge is -2.12. The van der Waals surface area contributed by atoms with Crippen molar-refractivity contribution in [2.45, 2.75) is 13.0 Å². The summed E-state index contributed by atoms with van der Waals surface area (Å²) in [4.78, 5) is 1.58. The van der Waals surface area contributed by atoms with Crippen molar-refractivity contribution in [1.82, 2.24) is 10.2 Å². The van der Waals surface area contributed by atoms with Gasteiger partial charge in [-0.25, -0.2) is 8.42 Å². The van der Waals surface area contributed by atoms with Gasteiger partial charge in [0.15, 0.2) is 0 Å². The molecule has 92 valence electrons. The molecule has 0 aliphatic heterocycles. The second kappa shape index (κ2) is 4.79. The van der Waals surface area contributed by atoms with E-state index >= 15 is 0 Å². The highest BCUT2D eigenvalue weighted by molar-refractivity contribution is 7.90. The highest BCUT2D eigenvalue weighted by Gasteiger charge is 2.14. The summed E-state index contributed by atoms with van der Waals surface area (Å²) in [5.74, 6) is 0.376. The van der Waals surface area contributed by atoms with E-state index in [9.17, 15) is 8.42 Å². The fourth-order valence-corrected chi connectivity index (χ4v) is 1.57. The van der Waals surface area contributed by atoms with Gasteiger partial charge in [0.25, 0.3) is 0 Å². The van der Waals surface area contributed by atoms with Gasteiger partial charge in [0.2, 0.25) is 5.89 Å². The lowest BCUT2D eigenvalue weighted by Crippen LogP contribution is -2.25. The van der Waals surface area contributed by atoms with Gasteiger partial charge in [0.1, 0.15) is 9.84 Å². The number of nitrogens with two attached hydrogens (primary N) is 1. The summed E-state index contributed by atoms with van der Waals surface area (Å²) in [6.45, 7) is 2.03. The van der Waals surface area contributed by atoms with Gasteiger partial charge in [-0.2, -0.15) is 0 Å². The quantitative estimate of drug-likeness (QED) is 0.754. The molecule has 1 aromatic heterocycles. The number of rotatable bonds is 5. The molecule has 1 heterocycles. The van der Waals surface area contributed by atoms with Crippen molar-refractivity contribution in [3.8, 4) is 0 Å². The normalized spacial score (nSPS) is 13.8. The Kier molecular flexibility index (Phi) is 3.87. The third kappa shape index (κ3) is 3.78. The topological polar surface area (TPSA) is 102 Å². The van der Waals surface area contributed by atoms with Gasteiger partial charge in [-0.1, -0.05) is 5.10 Å². The fraction of sp³-hybridized carbons (Fsp3) is 0.750. The van der Waals surface area contributed by atoms with Crippen LogP contribution >= 0.6 is 0 Å². The zero-order valence-electron chi connectivity index (χ0n) is 9.54. The van der Waals surface area contributed by atoms with Crippen LogP contribution in [-0.2, 0) is 9.84 Å². The molecule has 0 aliphatic carbocycles. The Morgan fingerprint density at radius 3 is 2.56 bits per heavy atom. The van der Waals surface area contributed by atoms with Crippen LogP contribution in [0.3, 0.4) is 0 Å². The first kappa shape index (κ1) is 12.9. The van der Waals surface area contributed by atoms with Crippen molar-refractivity contribution >= 4 is 15.9 Å². The van der Waals surface area contributed by atoms with Crippen LogP contribution in [0, 0.1) is 0 Å². The number of aromatic nitrogens is 2. The summed E-state index contributed by atoms with van der Waals surface area (Å²) in [5.41, 5.74) is 5.56. The molecule has 1 aromatic rings. The summed E-state index contributed by atoms with van der Waals surface area (Å²) in [6, 6.07) is -0.0551. The van der Waals surface area contributed by atoms with Crippen LogP contribution in [0.25, 0.3) is 0 Å². The predicted octanol–water partition coefficient (Wildman–Crippen LogP) is -0.430. The molecular weight excluding hydrogens is 232 g/mol. The molecule has 1 unspecified atom stereocenters. The van der Waals surface area contributed by atoms with Gasteiger partial charge in [0, 0.05) is 19.8 Å². The van der Waals surface area contributed by atoms with Crippen molar-refractivity contribution in [3.05, 3.63) is 5.89 Å². The molecule has 8 heteroatoms. The van der Waals surface area contributed by atoms with E-state index in [1.807, 2.05) is 0 Å². The van der Waals surface area contributed by atoms with Crippen molar-refractivity contribution in [1.29, 1.82) is 0 Å². The van der Waals surface area contributed by atoms with E-state index in [0.717, 1.165) is 0 Å². The number of hydrogen-bond acceptors (Lipinski definition) is 7. The Morgan fingerprint density at radius 2 is 2.12 bits per heavy atom. The monoisotopic (exact) mass is 248 g/mol. The zero-order valence-corrected chi connectivity index (χ0v) is 10.4. The first-order chi connectivity index (χ1) is 7.29. The first-order valence-corrected chi connectivity index (χ1v) is 6.83. The molecule has 1 atom stereocenters. The van der Waals surface area contributed by atoms with E-state index in [-0.39, 0.29) is 17.8 Å². The first-order valence-electron chi connectivity index (χ1n) is 4.77. The third-order valence-electron chi connectivity index (χ3n) is 1.94. The molecule has 0 aromatic carbocycles. The Hall–Kier alpha value is -1.15. The number of sulfone groups is 1. The maximum absolute atomic E-state index is 11.0. The molecule has 0 radical (unpaired) electrons. The largest absolute Gasteiger partial charge is 0.406 e. The van der Waals surface area contributed by atoms with Gasteiger partial charge >= 0.3 is 6.01 Å². The zero-order chi connectivity index (χ0) is 12.3. The molecule has 0 saturated heterocycles. The van der Waals surface area contributed by atoms with Gasteiger partial charge < -0.3 is 15.1 Å². The minimum absolute atomic E-state index is 0.0411. The predicted molar refractivity (Wildman–Crippen MR) is 59.9 cm³/mol. The molecule has 0 spiro atoms.